The zero-order chi connectivity index (χ0) is 9.68. The van der Waals surface area contributed by atoms with Crippen molar-refractivity contribution >= 4 is 5.97 Å². The van der Waals surface area contributed by atoms with Crippen LogP contribution >= 0.6 is 0 Å². The molecule has 0 radical (unpaired) electrons. The lowest BCUT2D eigenvalue weighted by Crippen LogP contribution is -2.28. The topological polar surface area (TPSA) is 38.3 Å². The average Bonchev–Trinajstić information content (AvgIpc) is 2.94. The van der Waals surface area contributed by atoms with E-state index >= 15 is 0 Å². The van der Waals surface area contributed by atoms with E-state index in [1.54, 1.807) is 0 Å². The van der Waals surface area contributed by atoms with Crippen molar-refractivity contribution in [3.05, 3.63) is 0 Å². The van der Waals surface area contributed by atoms with Crippen molar-refractivity contribution in [1.82, 2.24) is 5.32 Å². The molecule has 0 aromatic rings. The first-order valence-corrected chi connectivity index (χ1v) is 5.02. The van der Waals surface area contributed by atoms with Gasteiger partial charge in [-0.3, -0.25) is 4.79 Å². The number of carbonyl (C=O) groups is 1. The molecule has 3 nitrogen and oxygen atoms in total. The molecule has 1 aliphatic rings. The lowest BCUT2D eigenvalue weighted by Gasteiger charge is -2.09. The lowest BCUT2D eigenvalue weighted by atomic mass is 10.2. The number of hydrogen-bond acceptors (Lipinski definition) is 3. The van der Waals surface area contributed by atoms with Gasteiger partial charge in [0.15, 0.2) is 0 Å². The Hall–Kier alpha value is -0.570. The summed E-state index contributed by atoms with van der Waals surface area (Å²) in [4.78, 5) is 11.0. The highest BCUT2D eigenvalue weighted by Gasteiger charge is 2.20. The van der Waals surface area contributed by atoms with Crippen LogP contribution in [0.4, 0.5) is 0 Å². The van der Waals surface area contributed by atoms with Gasteiger partial charge in [-0.05, 0) is 18.9 Å². The molecule has 1 fully saturated rings. The van der Waals surface area contributed by atoms with Crippen LogP contribution in [0.1, 0.15) is 26.2 Å². The number of nitrogens with one attached hydrogen (secondary N) is 1. The van der Waals surface area contributed by atoms with Crippen molar-refractivity contribution in [1.29, 1.82) is 0 Å². The van der Waals surface area contributed by atoms with Crippen LogP contribution in [-0.2, 0) is 9.53 Å². The van der Waals surface area contributed by atoms with Gasteiger partial charge in [0.25, 0.3) is 0 Å². The fourth-order valence-corrected chi connectivity index (χ4v) is 1.32. The monoisotopic (exact) mass is 185 g/mol. The molecular weight excluding hydrogens is 166 g/mol. The maximum Gasteiger partial charge on any atom is 0.309 e. The first kappa shape index (κ1) is 10.5. The summed E-state index contributed by atoms with van der Waals surface area (Å²) >= 11 is 0. The highest BCUT2D eigenvalue weighted by atomic mass is 16.5. The first-order chi connectivity index (χ1) is 6.24. The summed E-state index contributed by atoms with van der Waals surface area (Å²) < 4.78 is 4.62. The predicted octanol–water partition coefficient (Wildman–Crippen LogP) is 1.19. The van der Waals surface area contributed by atoms with Crippen LogP contribution in [0.25, 0.3) is 0 Å². The van der Waals surface area contributed by atoms with E-state index in [4.69, 9.17) is 0 Å². The van der Waals surface area contributed by atoms with Crippen molar-refractivity contribution in [2.75, 3.05) is 20.2 Å². The van der Waals surface area contributed by atoms with Crippen LogP contribution in [0, 0.1) is 11.8 Å². The Balaban J connectivity index is 1.93. The molecule has 0 aromatic heterocycles. The van der Waals surface area contributed by atoms with E-state index in [1.807, 2.05) is 6.92 Å². The van der Waals surface area contributed by atoms with Gasteiger partial charge in [0.1, 0.15) is 0 Å². The van der Waals surface area contributed by atoms with Gasteiger partial charge in [0, 0.05) is 6.54 Å². The van der Waals surface area contributed by atoms with E-state index in [1.165, 1.54) is 26.4 Å². The smallest absolute Gasteiger partial charge is 0.309 e. The summed E-state index contributed by atoms with van der Waals surface area (Å²) in [6, 6.07) is 0. The summed E-state index contributed by atoms with van der Waals surface area (Å²) in [5.41, 5.74) is 0. The molecule has 1 unspecified atom stereocenters. The quantitative estimate of drug-likeness (QED) is 0.499. The zero-order valence-electron chi connectivity index (χ0n) is 8.51. The van der Waals surface area contributed by atoms with E-state index in [-0.39, 0.29) is 11.9 Å². The maximum absolute atomic E-state index is 11.0. The second kappa shape index (κ2) is 5.22. The minimum Gasteiger partial charge on any atom is -0.469 e. The molecule has 0 saturated heterocycles. The second-order valence-corrected chi connectivity index (χ2v) is 3.86. The summed E-state index contributed by atoms with van der Waals surface area (Å²) in [6.45, 7) is 3.65. The van der Waals surface area contributed by atoms with E-state index in [0.29, 0.717) is 0 Å². The number of rotatable bonds is 6. The third-order valence-corrected chi connectivity index (χ3v) is 2.48. The molecular formula is C10H19NO2. The largest absolute Gasteiger partial charge is 0.469 e. The Bertz CT molecular complexity index is 166. The molecule has 13 heavy (non-hydrogen) atoms. The standard InChI is InChI=1S/C10H19NO2/c1-8(10(12)13-2)7-11-6-5-9-3-4-9/h8-9,11H,3-7H2,1-2H3. The minimum absolute atomic E-state index is 0.0239. The van der Waals surface area contributed by atoms with Gasteiger partial charge in [-0.1, -0.05) is 19.8 Å². The molecule has 1 atom stereocenters. The number of ether oxygens (including phenoxy) is 1. The molecule has 76 valence electrons. The Morgan fingerprint density at radius 3 is 2.85 bits per heavy atom. The van der Waals surface area contributed by atoms with Crippen LogP contribution in [0.15, 0.2) is 0 Å². The minimum atomic E-state index is -0.126. The summed E-state index contributed by atoms with van der Waals surface area (Å²) in [5, 5.41) is 3.27. The van der Waals surface area contributed by atoms with Crippen molar-refractivity contribution in [3.63, 3.8) is 0 Å². The van der Waals surface area contributed by atoms with E-state index < -0.39 is 0 Å². The molecule has 0 amide bonds. The van der Waals surface area contributed by atoms with Gasteiger partial charge in [-0.15, -0.1) is 0 Å². The number of methoxy groups -OCH3 is 1. The van der Waals surface area contributed by atoms with Crippen LogP contribution in [0.3, 0.4) is 0 Å². The maximum atomic E-state index is 11.0. The number of carbonyl (C=O) groups excluding carboxylic acids is 1. The van der Waals surface area contributed by atoms with Crippen molar-refractivity contribution < 1.29 is 9.53 Å². The fraction of sp³-hybridized carbons (Fsp3) is 0.900. The van der Waals surface area contributed by atoms with Gasteiger partial charge < -0.3 is 10.1 Å². The molecule has 1 aliphatic carbocycles. The lowest BCUT2D eigenvalue weighted by molar-refractivity contribution is -0.144. The molecule has 3 heteroatoms. The number of hydrogen-bond donors (Lipinski definition) is 1. The second-order valence-electron chi connectivity index (χ2n) is 3.86. The highest BCUT2D eigenvalue weighted by molar-refractivity contribution is 5.71. The molecule has 0 bridgehead atoms. The predicted molar refractivity (Wildman–Crippen MR) is 51.4 cm³/mol. The molecule has 1 N–H and O–H groups in total. The van der Waals surface area contributed by atoms with Crippen LogP contribution in [-0.4, -0.2) is 26.2 Å². The third kappa shape index (κ3) is 4.27. The SMILES string of the molecule is COC(=O)C(C)CNCCC1CC1. The Labute approximate surface area is 79.8 Å². The van der Waals surface area contributed by atoms with E-state index in [0.717, 1.165) is 19.0 Å². The average molecular weight is 185 g/mol. The van der Waals surface area contributed by atoms with Crippen molar-refractivity contribution in [3.8, 4) is 0 Å². The Kier molecular flexibility index (Phi) is 4.22. The van der Waals surface area contributed by atoms with Gasteiger partial charge in [-0.2, -0.15) is 0 Å². The van der Waals surface area contributed by atoms with Crippen LogP contribution in [0.2, 0.25) is 0 Å². The van der Waals surface area contributed by atoms with Gasteiger partial charge in [-0.25, -0.2) is 0 Å². The molecule has 0 spiro atoms. The summed E-state index contributed by atoms with van der Waals surface area (Å²) in [7, 11) is 1.43. The fourth-order valence-electron chi connectivity index (χ4n) is 1.32. The van der Waals surface area contributed by atoms with E-state index in [9.17, 15) is 4.79 Å². The molecule has 1 rings (SSSR count). The Morgan fingerprint density at radius 2 is 2.31 bits per heavy atom. The molecule has 0 heterocycles. The Morgan fingerprint density at radius 1 is 1.62 bits per heavy atom. The van der Waals surface area contributed by atoms with Gasteiger partial charge in [0.05, 0.1) is 13.0 Å². The molecule has 0 aromatic carbocycles. The highest BCUT2D eigenvalue weighted by Crippen LogP contribution is 2.31. The van der Waals surface area contributed by atoms with Crippen LogP contribution < -0.4 is 5.32 Å². The normalized spacial score (nSPS) is 18.3. The summed E-state index contributed by atoms with van der Waals surface area (Å²) in [5.74, 6) is 0.809. The first-order valence-electron chi connectivity index (χ1n) is 5.02. The van der Waals surface area contributed by atoms with Crippen molar-refractivity contribution in [2.24, 2.45) is 11.8 Å². The van der Waals surface area contributed by atoms with Gasteiger partial charge in [0.2, 0.25) is 0 Å². The van der Waals surface area contributed by atoms with Crippen molar-refractivity contribution in [2.45, 2.75) is 26.2 Å². The summed E-state index contributed by atoms with van der Waals surface area (Å²) in [6.07, 6.45) is 4.05. The van der Waals surface area contributed by atoms with Gasteiger partial charge >= 0.3 is 5.97 Å². The molecule has 1 saturated carbocycles. The van der Waals surface area contributed by atoms with E-state index in [2.05, 4.69) is 10.1 Å². The zero-order valence-corrected chi connectivity index (χ0v) is 8.51. The molecule has 0 aliphatic heterocycles. The third-order valence-electron chi connectivity index (χ3n) is 2.48. The number of esters is 1. The van der Waals surface area contributed by atoms with Crippen LogP contribution in [0.5, 0.6) is 0 Å².